The van der Waals surface area contributed by atoms with Gasteiger partial charge < -0.3 is 10.2 Å². The van der Waals surface area contributed by atoms with E-state index >= 15 is 0 Å². The Bertz CT molecular complexity index is 1190. The van der Waals surface area contributed by atoms with E-state index in [1.807, 2.05) is 24.3 Å². The number of benzene rings is 2. The van der Waals surface area contributed by atoms with Crippen molar-refractivity contribution in [3.8, 4) is 0 Å². The van der Waals surface area contributed by atoms with E-state index in [4.69, 9.17) is 23.2 Å². The average Bonchev–Trinajstić information content (AvgIpc) is 3.28. The van der Waals surface area contributed by atoms with E-state index in [1.54, 1.807) is 6.92 Å². The molecule has 11 heteroatoms. The summed E-state index contributed by atoms with van der Waals surface area (Å²) in [5.41, 5.74) is 0.932. The summed E-state index contributed by atoms with van der Waals surface area (Å²) in [6.07, 6.45) is 4.94. The van der Waals surface area contributed by atoms with Crippen LogP contribution in [0.15, 0.2) is 46.9 Å². The summed E-state index contributed by atoms with van der Waals surface area (Å²) in [5, 5.41) is 3.47. The molecule has 0 spiro atoms. The van der Waals surface area contributed by atoms with Gasteiger partial charge in [-0.25, -0.2) is 8.42 Å². The molecule has 1 unspecified atom stereocenters. The summed E-state index contributed by atoms with van der Waals surface area (Å²) < 4.78 is 27.0. The van der Waals surface area contributed by atoms with E-state index in [0.717, 1.165) is 46.3 Å². The van der Waals surface area contributed by atoms with Crippen LogP contribution in [0.4, 0.5) is 5.69 Å². The molecule has 2 aromatic carbocycles. The van der Waals surface area contributed by atoms with Crippen molar-refractivity contribution in [3.63, 3.8) is 0 Å². The molecule has 35 heavy (non-hydrogen) atoms. The molecule has 1 aliphatic rings. The van der Waals surface area contributed by atoms with Crippen LogP contribution >= 0.6 is 39.1 Å². The SMILES string of the molecule is CC(C(=O)NC1CCCC1)N(Cc1cccc(Br)c1)C(=O)CN(c1ccc(Cl)cc1Cl)S(C)(=O)=O. The smallest absolute Gasteiger partial charge is 0.244 e. The molecule has 0 radical (unpaired) electrons. The van der Waals surface area contributed by atoms with Crippen LogP contribution in [0.1, 0.15) is 38.2 Å². The van der Waals surface area contributed by atoms with Crippen molar-refractivity contribution < 1.29 is 18.0 Å². The monoisotopic (exact) mass is 603 g/mol. The highest BCUT2D eigenvalue weighted by Gasteiger charge is 2.32. The Labute approximate surface area is 224 Å². The summed E-state index contributed by atoms with van der Waals surface area (Å²) in [7, 11) is -3.88. The number of hydrogen-bond donors (Lipinski definition) is 1. The maximum absolute atomic E-state index is 13.6. The lowest BCUT2D eigenvalue weighted by Gasteiger charge is -2.32. The van der Waals surface area contributed by atoms with Gasteiger partial charge >= 0.3 is 0 Å². The summed E-state index contributed by atoms with van der Waals surface area (Å²) in [4.78, 5) is 28.0. The Morgan fingerprint density at radius 2 is 1.83 bits per heavy atom. The first-order valence-electron chi connectivity index (χ1n) is 11.2. The normalized spacial score (nSPS) is 15.0. The van der Waals surface area contributed by atoms with Crippen molar-refractivity contribution in [2.24, 2.45) is 0 Å². The second-order valence-corrected chi connectivity index (χ2v) is 12.3. The maximum atomic E-state index is 13.6. The van der Waals surface area contributed by atoms with Crippen molar-refractivity contribution in [2.45, 2.75) is 51.2 Å². The Morgan fingerprint density at radius 1 is 1.14 bits per heavy atom. The van der Waals surface area contributed by atoms with Crippen molar-refractivity contribution in [1.82, 2.24) is 10.2 Å². The Hall–Kier alpha value is -1.81. The predicted octanol–water partition coefficient (Wildman–Crippen LogP) is 5.00. The number of sulfonamides is 1. The van der Waals surface area contributed by atoms with Crippen LogP contribution in [0.2, 0.25) is 10.0 Å². The predicted molar refractivity (Wildman–Crippen MR) is 143 cm³/mol. The van der Waals surface area contributed by atoms with Crippen LogP contribution in [-0.2, 0) is 26.2 Å². The van der Waals surface area contributed by atoms with Gasteiger partial charge in [0, 0.05) is 22.1 Å². The van der Waals surface area contributed by atoms with Crippen LogP contribution in [0.5, 0.6) is 0 Å². The van der Waals surface area contributed by atoms with Gasteiger partial charge in [0.05, 0.1) is 17.0 Å². The highest BCUT2D eigenvalue weighted by atomic mass is 79.9. The minimum absolute atomic E-state index is 0.0909. The number of nitrogens with zero attached hydrogens (tertiary/aromatic N) is 2. The molecule has 0 bridgehead atoms. The number of rotatable bonds is 9. The fourth-order valence-corrected chi connectivity index (χ4v) is 5.95. The van der Waals surface area contributed by atoms with E-state index in [1.165, 1.54) is 23.1 Å². The molecule has 1 aliphatic carbocycles. The molecule has 1 atom stereocenters. The van der Waals surface area contributed by atoms with Crippen molar-refractivity contribution in [3.05, 3.63) is 62.5 Å². The second kappa shape index (κ2) is 12.0. The van der Waals surface area contributed by atoms with Gasteiger partial charge in [-0.05, 0) is 55.7 Å². The summed E-state index contributed by atoms with van der Waals surface area (Å²) in [6, 6.07) is 11.0. The molecule has 1 N–H and O–H groups in total. The van der Waals surface area contributed by atoms with Crippen molar-refractivity contribution in [1.29, 1.82) is 0 Å². The largest absolute Gasteiger partial charge is 0.352 e. The van der Waals surface area contributed by atoms with Crippen LogP contribution < -0.4 is 9.62 Å². The van der Waals surface area contributed by atoms with Crippen molar-refractivity contribution >= 4 is 66.7 Å². The standard InChI is InChI=1S/C24H28BrCl2N3O4S/c1-16(24(32)28-20-8-3-4-9-20)29(14-17-6-5-7-18(25)12-17)23(31)15-30(35(2,33)34)22-11-10-19(26)13-21(22)27/h5-7,10-13,16,20H,3-4,8-9,14-15H2,1-2H3,(H,28,32). The quantitative estimate of drug-likeness (QED) is 0.436. The van der Waals surface area contributed by atoms with E-state index in [0.29, 0.717) is 5.02 Å². The topological polar surface area (TPSA) is 86.8 Å². The summed E-state index contributed by atoms with van der Waals surface area (Å²) >= 11 is 15.7. The molecule has 0 aromatic heterocycles. The third-order valence-electron chi connectivity index (χ3n) is 5.97. The Balaban J connectivity index is 1.90. The van der Waals surface area contributed by atoms with Gasteiger partial charge in [0.2, 0.25) is 21.8 Å². The molecule has 190 valence electrons. The molecule has 2 aromatic rings. The molecular formula is C24H28BrCl2N3O4S. The third kappa shape index (κ3) is 7.59. The number of hydrogen-bond acceptors (Lipinski definition) is 4. The summed E-state index contributed by atoms with van der Waals surface area (Å²) in [5.74, 6) is -0.800. The zero-order valence-electron chi connectivity index (χ0n) is 19.5. The molecule has 3 rings (SSSR count). The highest BCUT2D eigenvalue weighted by molar-refractivity contribution is 9.10. The molecule has 0 saturated heterocycles. The van der Waals surface area contributed by atoms with Crippen LogP contribution in [-0.4, -0.2) is 50.0 Å². The molecular weight excluding hydrogens is 577 g/mol. The van der Waals surface area contributed by atoms with E-state index in [-0.39, 0.29) is 29.2 Å². The molecule has 1 fully saturated rings. The molecule has 0 aliphatic heterocycles. The van der Waals surface area contributed by atoms with Gasteiger partial charge in [-0.2, -0.15) is 0 Å². The maximum Gasteiger partial charge on any atom is 0.244 e. The van der Waals surface area contributed by atoms with Gasteiger partial charge in [0.25, 0.3) is 0 Å². The van der Waals surface area contributed by atoms with Gasteiger partial charge in [0.1, 0.15) is 12.6 Å². The van der Waals surface area contributed by atoms with E-state index < -0.39 is 28.5 Å². The minimum Gasteiger partial charge on any atom is -0.352 e. The van der Waals surface area contributed by atoms with E-state index in [9.17, 15) is 18.0 Å². The van der Waals surface area contributed by atoms with Crippen LogP contribution in [0.25, 0.3) is 0 Å². The van der Waals surface area contributed by atoms with Gasteiger partial charge in [-0.3, -0.25) is 13.9 Å². The van der Waals surface area contributed by atoms with Crippen LogP contribution in [0.3, 0.4) is 0 Å². The minimum atomic E-state index is -3.88. The van der Waals surface area contributed by atoms with Gasteiger partial charge in [-0.15, -0.1) is 0 Å². The summed E-state index contributed by atoms with van der Waals surface area (Å²) in [6.45, 7) is 1.26. The second-order valence-electron chi connectivity index (χ2n) is 8.68. The Morgan fingerprint density at radius 3 is 2.43 bits per heavy atom. The average molecular weight is 605 g/mol. The first kappa shape index (κ1) is 27.8. The lowest BCUT2D eigenvalue weighted by Crippen LogP contribution is -2.52. The third-order valence-corrected chi connectivity index (χ3v) is 8.13. The molecule has 0 heterocycles. The molecule has 1 saturated carbocycles. The molecule has 2 amide bonds. The zero-order chi connectivity index (χ0) is 25.8. The number of amides is 2. The fraction of sp³-hybridized carbons (Fsp3) is 0.417. The highest BCUT2D eigenvalue weighted by Crippen LogP contribution is 2.30. The lowest BCUT2D eigenvalue weighted by atomic mass is 10.1. The lowest BCUT2D eigenvalue weighted by molar-refractivity contribution is -0.139. The van der Waals surface area contributed by atoms with E-state index in [2.05, 4.69) is 21.2 Å². The van der Waals surface area contributed by atoms with Crippen LogP contribution in [0, 0.1) is 0 Å². The number of carbonyl (C=O) groups is 2. The fourth-order valence-electron chi connectivity index (χ4n) is 4.08. The molecule has 7 nitrogen and oxygen atoms in total. The number of anilines is 1. The van der Waals surface area contributed by atoms with Gasteiger partial charge in [-0.1, -0.05) is 64.1 Å². The van der Waals surface area contributed by atoms with Gasteiger partial charge in [0.15, 0.2) is 0 Å². The number of halogens is 3. The number of carbonyl (C=O) groups excluding carboxylic acids is 2. The number of nitrogens with one attached hydrogen (secondary N) is 1. The Kier molecular flexibility index (Phi) is 9.48. The first-order chi connectivity index (χ1) is 16.5. The zero-order valence-corrected chi connectivity index (χ0v) is 23.4. The van der Waals surface area contributed by atoms with Crippen molar-refractivity contribution in [2.75, 3.05) is 17.1 Å². The first-order valence-corrected chi connectivity index (χ1v) is 14.6.